The molecule has 0 aliphatic carbocycles. The number of nitrogens with one attached hydrogen (secondary N) is 2. The number of hydrogen-bond donors (Lipinski definition) is 3. The highest BCUT2D eigenvalue weighted by atomic mass is 127. The summed E-state index contributed by atoms with van der Waals surface area (Å²) in [5, 5.41) is 17.3. The largest absolute Gasteiger partial charge is 0.504 e. The van der Waals surface area contributed by atoms with Crippen LogP contribution in [-0.2, 0) is 13.0 Å². The van der Waals surface area contributed by atoms with Gasteiger partial charge in [0.05, 0.1) is 13.7 Å². The van der Waals surface area contributed by atoms with Crippen molar-refractivity contribution in [2.45, 2.75) is 19.9 Å². The molecule has 0 fully saturated rings. The number of phenolic OH excluding ortho intramolecular Hbond substituents is 1. The number of nitrogens with zero attached hydrogens (tertiary/aromatic N) is 1. The molecule has 2 aromatic carbocycles. The van der Waals surface area contributed by atoms with Crippen LogP contribution in [0.3, 0.4) is 0 Å². The van der Waals surface area contributed by atoms with Crippen LogP contribution in [0, 0.1) is 0 Å². The highest BCUT2D eigenvalue weighted by molar-refractivity contribution is 14.0. The van der Waals surface area contributed by atoms with E-state index < -0.39 is 0 Å². The van der Waals surface area contributed by atoms with Crippen molar-refractivity contribution in [1.29, 1.82) is 0 Å². The van der Waals surface area contributed by atoms with Crippen molar-refractivity contribution < 1.29 is 9.84 Å². The average Bonchev–Trinajstić information content (AvgIpc) is 2.62. The molecule has 0 bridgehead atoms. The number of guanidine groups is 1. The van der Waals surface area contributed by atoms with Gasteiger partial charge in [-0.3, -0.25) is 0 Å². The molecule has 0 radical (unpaired) electrons. The first-order valence-corrected chi connectivity index (χ1v) is 8.63. The number of aliphatic imine (C=N–C) groups is 1. The van der Waals surface area contributed by atoms with E-state index in [1.807, 2.05) is 43.3 Å². The van der Waals surface area contributed by atoms with E-state index >= 15 is 0 Å². The lowest BCUT2D eigenvalue weighted by Crippen LogP contribution is -2.38. The highest BCUT2D eigenvalue weighted by Crippen LogP contribution is 2.29. The first-order chi connectivity index (χ1) is 12.1. The molecule has 0 saturated heterocycles. The molecule has 0 atom stereocenters. The first kappa shape index (κ1) is 22.4. The molecule has 3 N–H and O–H groups in total. The fourth-order valence-electron chi connectivity index (χ4n) is 2.35. The Morgan fingerprint density at radius 1 is 1.15 bits per heavy atom. The summed E-state index contributed by atoms with van der Waals surface area (Å²) in [5.41, 5.74) is 1.92. The lowest BCUT2D eigenvalue weighted by Gasteiger charge is -2.13. The molecule has 2 rings (SSSR count). The first-order valence-electron chi connectivity index (χ1n) is 8.25. The number of rotatable bonds is 7. The summed E-state index contributed by atoms with van der Waals surface area (Å²) in [5.74, 6) is 1.41. The van der Waals surface area contributed by atoms with Gasteiger partial charge in [-0.15, -0.1) is 24.0 Å². The Morgan fingerprint density at radius 3 is 2.54 bits per heavy atom. The Morgan fingerprint density at radius 2 is 1.88 bits per heavy atom. The second kappa shape index (κ2) is 11.9. The van der Waals surface area contributed by atoms with Crippen LogP contribution in [0.5, 0.6) is 11.5 Å². The molecule has 0 spiro atoms. The van der Waals surface area contributed by atoms with E-state index in [9.17, 15) is 5.11 Å². The number of halogens is 2. The molecule has 0 unspecified atom stereocenters. The standard InChI is InChI=1S/C19H24ClN3O2.HI/c1-3-21-19(23-13-14-7-9-16(20)10-8-14)22-12-11-15-5-4-6-17(25-2)18(15)24;/h4-10,24H,3,11-13H2,1-2H3,(H2,21,22,23);1H. The lowest BCUT2D eigenvalue weighted by atomic mass is 10.1. The monoisotopic (exact) mass is 489 g/mol. The highest BCUT2D eigenvalue weighted by Gasteiger charge is 2.07. The molecule has 0 saturated carbocycles. The number of methoxy groups -OCH3 is 1. The SMILES string of the molecule is CCNC(=NCc1ccc(Cl)cc1)NCCc1cccc(OC)c1O.I. The van der Waals surface area contributed by atoms with Gasteiger partial charge >= 0.3 is 0 Å². The maximum Gasteiger partial charge on any atom is 0.191 e. The topological polar surface area (TPSA) is 65.9 Å². The Bertz CT molecular complexity index is 708. The molecule has 0 heterocycles. The predicted molar refractivity (Wildman–Crippen MR) is 118 cm³/mol. The predicted octanol–water partition coefficient (Wildman–Crippen LogP) is 3.97. The van der Waals surface area contributed by atoms with E-state index in [1.165, 1.54) is 0 Å². The summed E-state index contributed by atoms with van der Waals surface area (Å²) in [6, 6.07) is 13.1. The molecule has 0 aliphatic rings. The van der Waals surface area contributed by atoms with Crippen LogP contribution in [-0.4, -0.2) is 31.3 Å². The number of benzene rings is 2. The molecule has 7 heteroatoms. The number of hydrogen-bond acceptors (Lipinski definition) is 3. The number of para-hydroxylation sites is 1. The van der Waals surface area contributed by atoms with Gasteiger partial charge in [0.1, 0.15) is 0 Å². The minimum absolute atomic E-state index is 0. The number of aromatic hydroxyl groups is 1. The average molecular weight is 490 g/mol. The van der Waals surface area contributed by atoms with Crippen LogP contribution < -0.4 is 15.4 Å². The minimum Gasteiger partial charge on any atom is -0.504 e. The molecule has 0 amide bonds. The van der Waals surface area contributed by atoms with E-state index in [4.69, 9.17) is 16.3 Å². The van der Waals surface area contributed by atoms with Crippen molar-refractivity contribution >= 4 is 41.5 Å². The molecule has 2 aromatic rings. The van der Waals surface area contributed by atoms with Gasteiger partial charge in [0.25, 0.3) is 0 Å². The molecule has 0 aromatic heterocycles. The summed E-state index contributed by atoms with van der Waals surface area (Å²) in [6.45, 7) is 4.01. The molecule has 5 nitrogen and oxygen atoms in total. The van der Waals surface area contributed by atoms with E-state index in [-0.39, 0.29) is 29.7 Å². The van der Waals surface area contributed by atoms with Gasteiger partial charge in [0.2, 0.25) is 0 Å². The van der Waals surface area contributed by atoms with Crippen molar-refractivity contribution in [3.05, 3.63) is 58.6 Å². The van der Waals surface area contributed by atoms with Crippen LogP contribution in [0.15, 0.2) is 47.5 Å². The van der Waals surface area contributed by atoms with E-state index in [2.05, 4.69) is 15.6 Å². The molecular weight excluding hydrogens is 465 g/mol. The van der Waals surface area contributed by atoms with E-state index in [0.717, 1.165) is 28.7 Å². The van der Waals surface area contributed by atoms with Crippen molar-refractivity contribution in [2.24, 2.45) is 4.99 Å². The second-order valence-electron chi connectivity index (χ2n) is 5.47. The zero-order valence-corrected chi connectivity index (χ0v) is 18.0. The zero-order chi connectivity index (χ0) is 18.1. The van der Waals surface area contributed by atoms with Crippen LogP contribution in [0.25, 0.3) is 0 Å². The molecular formula is C19H25ClIN3O2. The summed E-state index contributed by atoms with van der Waals surface area (Å²) < 4.78 is 5.13. The van der Waals surface area contributed by atoms with Crippen LogP contribution in [0.2, 0.25) is 5.02 Å². The Hall–Kier alpha value is -1.67. The maximum absolute atomic E-state index is 10.1. The van der Waals surface area contributed by atoms with Gasteiger partial charge in [-0.1, -0.05) is 35.9 Å². The third kappa shape index (κ3) is 6.92. The van der Waals surface area contributed by atoms with Gasteiger partial charge < -0.3 is 20.5 Å². The normalized spacial score (nSPS) is 10.8. The minimum atomic E-state index is 0. The molecule has 26 heavy (non-hydrogen) atoms. The Kier molecular flexibility index (Phi) is 10.2. The van der Waals surface area contributed by atoms with E-state index in [1.54, 1.807) is 13.2 Å². The third-order valence-corrected chi connectivity index (χ3v) is 3.92. The Labute approximate surface area is 176 Å². The fourth-order valence-corrected chi connectivity index (χ4v) is 2.48. The van der Waals surface area contributed by atoms with Crippen LogP contribution >= 0.6 is 35.6 Å². The van der Waals surface area contributed by atoms with Gasteiger partial charge in [-0.25, -0.2) is 4.99 Å². The molecule has 142 valence electrons. The lowest BCUT2D eigenvalue weighted by molar-refractivity contribution is 0.370. The van der Waals surface area contributed by atoms with Crippen LogP contribution in [0.4, 0.5) is 0 Å². The molecule has 0 aliphatic heterocycles. The Balaban J connectivity index is 0.00000338. The van der Waals surface area contributed by atoms with Crippen molar-refractivity contribution in [1.82, 2.24) is 10.6 Å². The number of phenols is 1. The number of ether oxygens (including phenoxy) is 1. The van der Waals surface area contributed by atoms with Gasteiger partial charge in [-0.2, -0.15) is 0 Å². The maximum atomic E-state index is 10.1. The summed E-state index contributed by atoms with van der Waals surface area (Å²) in [4.78, 5) is 4.56. The van der Waals surface area contributed by atoms with Gasteiger partial charge in [-0.05, 0) is 42.7 Å². The van der Waals surface area contributed by atoms with Crippen molar-refractivity contribution in [3.63, 3.8) is 0 Å². The summed E-state index contributed by atoms with van der Waals surface area (Å²) >= 11 is 5.90. The fraction of sp³-hybridized carbons (Fsp3) is 0.316. The summed E-state index contributed by atoms with van der Waals surface area (Å²) in [7, 11) is 1.55. The van der Waals surface area contributed by atoms with Crippen molar-refractivity contribution in [2.75, 3.05) is 20.2 Å². The van der Waals surface area contributed by atoms with Gasteiger partial charge in [0, 0.05) is 18.1 Å². The smallest absolute Gasteiger partial charge is 0.191 e. The second-order valence-corrected chi connectivity index (χ2v) is 5.90. The third-order valence-electron chi connectivity index (χ3n) is 3.67. The van der Waals surface area contributed by atoms with Crippen molar-refractivity contribution in [3.8, 4) is 11.5 Å². The van der Waals surface area contributed by atoms with Crippen LogP contribution in [0.1, 0.15) is 18.1 Å². The zero-order valence-electron chi connectivity index (χ0n) is 15.0. The quantitative estimate of drug-likeness (QED) is 0.313. The summed E-state index contributed by atoms with van der Waals surface area (Å²) in [6.07, 6.45) is 0.661. The van der Waals surface area contributed by atoms with E-state index in [0.29, 0.717) is 25.3 Å². The van der Waals surface area contributed by atoms with Gasteiger partial charge in [0.15, 0.2) is 17.5 Å².